The number of hydrogen-bond donors (Lipinski definition) is 0. The van der Waals surface area contributed by atoms with Gasteiger partial charge in [-0.3, -0.25) is 0 Å². The number of nitrogens with zero attached hydrogens (tertiary/aromatic N) is 3. The van der Waals surface area contributed by atoms with Gasteiger partial charge in [-0.25, -0.2) is 4.98 Å². The van der Waals surface area contributed by atoms with Gasteiger partial charge in [0.05, 0.1) is 5.69 Å². The summed E-state index contributed by atoms with van der Waals surface area (Å²) >= 11 is 1.75. The molecular formula is C17H19N3S. The Balaban J connectivity index is 1.76. The van der Waals surface area contributed by atoms with Crippen molar-refractivity contribution >= 4 is 28.1 Å². The lowest BCUT2D eigenvalue weighted by atomic mass is 10.1. The predicted octanol–water partition coefficient (Wildman–Crippen LogP) is 4.14. The van der Waals surface area contributed by atoms with Crippen molar-refractivity contribution in [3.63, 3.8) is 0 Å². The fourth-order valence-corrected chi connectivity index (χ4v) is 3.85. The van der Waals surface area contributed by atoms with Crippen LogP contribution >= 0.6 is 11.3 Å². The third-order valence-electron chi connectivity index (χ3n) is 4.24. The molecule has 4 heterocycles. The van der Waals surface area contributed by atoms with Gasteiger partial charge < -0.3 is 9.47 Å². The topological polar surface area (TPSA) is 21.1 Å². The normalized spacial score (nSPS) is 15.7. The Hall–Kier alpha value is -1.81. The number of anilines is 1. The maximum atomic E-state index is 4.62. The SMILES string of the molecule is c1cnc2c(c1)c(N1CCCCC1)cn2Cc1ccsc1. The van der Waals surface area contributed by atoms with Gasteiger partial charge in [0.2, 0.25) is 0 Å². The molecule has 0 radical (unpaired) electrons. The van der Waals surface area contributed by atoms with Crippen LogP contribution in [0.1, 0.15) is 24.8 Å². The fourth-order valence-electron chi connectivity index (χ4n) is 3.19. The van der Waals surface area contributed by atoms with E-state index >= 15 is 0 Å². The Bertz CT molecular complexity index is 724. The second-order valence-electron chi connectivity index (χ2n) is 5.70. The lowest BCUT2D eigenvalue weighted by molar-refractivity contribution is 0.578. The molecule has 0 unspecified atom stereocenters. The molecule has 4 rings (SSSR count). The average Bonchev–Trinajstić information content (AvgIpc) is 3.17. The first-order valence-electron chi connectivity index (χ1n) is 7.62. The van der Waals surface area contributed by atoms with Crippen LogP contribution in [-0.2, 0) is 6.54 Å². The molecule has 3 nitrogen and oxygen atoms in total. The molecule has 0 aromatic carbocycles. The van der Waals surface area contributed by atoms with Crippen LogP contribution in [0.5, 0.6) is 0 Å². The van der Waals surface area contributed by atoms with Crippen molar-refractivity contribution in [1.82, 2.24) is 9.55 Å². The van der Waals surface area contributed by atoms with E-state index in [0.717, 1.165) is 12.2 Å². The zero-order chi connectivity index (χ0) is 14.1. The first-order valence-corrected chi connectivity index (χ1v) is 8.56. The predicted molar refractivity (Wildman–Crippen MR) is 89.2 cm³/mol. The number of thiophene rings is 1. The zero-order valence-electron chi connectivity index (χ0n) is 12.0. The standard InChI is InChI=1S/C17H19N3S/c1-2-8-19(9-3-1)16-12-20(11-14-6-10-21-13-14)17-15(16)5-4-7-18-17/h4-7,10,12-13H,1-3,8-9,11H2. The van der Waals surface area contributed by atoms with Crippen LogP contribution in [-0.4, -0.2) is 22.6 Å². The van der Waals surface area contributed by atoms with Gasteiger partial charge in [-0.2, -0.15) is 11.3 Å². The van der Waals surface area contributed by atoms with Crippen molar-refractivity contribution in [3.05, 3.63) is 46.9 Å². The molecule has 0 aliphatic carbocycles. The summed E-state index contributed by atoms with van der Waals surface area (Å²) in [5, 5.41) is 5.64. The molecule has 1 fully saturated rings. The summed E-state index contributed by atoms with van der Waals surface area (Å²) < 4.78 is 2.29. The second kappa shape index (κ2) is 5.53. The lowest BCUT2D eigenvalue weighted by Crippen LogP contribution is -2.29. The minimum Gasteiger partial charge on any atom is -0.370 e. The lowest BCUT2D eigenvalue weighted by Gasteiger charge is -2.28. The molecule has 0 atom stereocenters. The van der Waals surface area contributed by atoms with Gasteiger partial charge in [-0.05, 0) is 53.8 Å². The average molecular weight is 297 g/mol. The van der Waals surface area contributed by atoms with E-state index in [0.29, 0.717) is 0 Å². The first-order chi connectivity index (χ1) is 10.4. The molecule has 3 aromatic rings. The Morgan fingerprint density at radius 3 is 2.86 bits per heavy atom. The van der Waals surface area contributed by atoms with Crippen LogP contribution in [0, 0.1) is 0 Å². The Kier molecular flexibility index (Phi) is 3.39. The van der Waals surface area contributed by atoms with Gasteiger partial charge in [-0.15, -0.1) is 0 Å². The Morgan fingerprint density at radius 2 is 2.05 bits per heavy atom. The van der Waals surface area contributed by atoms with Crippen LogP contribution in [0.2, 0.25) is 0 Å². The van der Waals surface area contributed by atoms with Crippen LogP contribution in [0.25, 0.3) is 11.0 Å². The highest BCUT2D eigenvalue weighted by Gasteiger charge is 2.17. The molecule has 1 aliphatic heterocycles. The van der Waals surface area contributed by atoms with E-state index in [4.69, 9.17) is 0 Å². The second-order valence-corrected chi connectivity index (χ2v) is 6.48. The maximum Gasteiger partial charge on any atom is 0.142 e. The highest BCUT2D eigenvalue weighted by molar-refractivity contribution is 7.07. The third kappa shape index (κ3) is 2.44. The van der Waals surface area contributed by atoms with Crippen molar-refractivity contribution in [2.75, 3.05) is 18.0 Å². The van der Waals surface area contributed by atoms with Gasteiger partial charge in [0.15, 0.2) is 0 Å². The van der Waals surface area contributed by atoms with E-state index in [1.807, 2.05) is 12.3 Å². The van der Waals surface area contributed by atoms with E-state index in [-0.39, 0.29) is 0 Å². The van der Waals surface area contributed by atoms with Crippen molar-refractivity contribution in [3.8, 4) is 0 Å². The molecule has 0 bridgehead atoms. The van der Waals surface area contributed by atoms with Gasteiger partial charge in [-0.1, -0.05) is 0 Å². The van der Waals surface area contributed by atoms with Crippen LogP contribution < -0.4 is 4.90 Å². The number of rotatable bonds is 3. The summed E-state index contributed by atoms with van der Waals surface area (Å²) in [5.74, 6) is 0. The van der Waals surface area contributed by atoms with E-state index in [9.17, 15) is 0 Å². The van der Waals surface area contributed by atoms with Crippen LogP contribution in [0.3, 0.4) is 0 Å². The third-order valence-corrected chi connectivity index (χ3v) is 4.97. The van der Waals surface area contributed by atoms with Crippen molar-refractivity contribution in [1.29, 1.82) is 0 Å². The molecule has 1 saturated heterocycles. The molecule has 108 valence electrons. The summed E-state index contributed by atoms with van der Waals surface area (Å²) in [6.45, 7) is 3.25. The smallest absolute Gasteiger partial charge is 0.142 e. The number of hydrogen-bond acceptors (Lipinski definition) is 3. The molecule has 4 heteroatoms. The van der Waals surface area contributed by atoms with Crippen LogP contribution in [0.4, 0.5) is 5.69 Å². The van der Waals surface area contributed by atoms with Gasteiger partial charge in [0.25, 0.3) is 0 Å². The summed E-state index contributed by atoms with van der Waals surface area (Å²) in [5.41, 5.74) is 3.81. The van der Waals surface area contributed by atoms with Gasteiger partial charge in [0, 0.05) is 37.4 Å². The largest absolute Gasteiger partial charge is 0.370 e. The summed E-state index contributed by atoms with van der Waals surface area (Å²) in [6, 6.07) is 6.45. The molecule has 3 aromatic heterocycles. The highest BCUT2D eigenvalue weighted by Crippen LogP contribution is 2.30. The number of fused-ring (bicyclic) bond motifs is 1. The van der Waals surface area contributed by atoms with E-state index < -0.39 is 0 Å². The van der Waals surface area contributed by atoms with Gasteiger partial charge in [0.1, 0.15) is 5.65 Å². The number of piperidine rings is 1. The summed E-state index contributed by atoms with van der Waals surface area (Å²) in [4.78, 5) is 7.14. The Morgan fingerprint density at radius 1 is 1.14 bits per heavy atom. The molecule has 21 heavy (non-hydrogen) atoms. The highest BCUT2D eigenvalue weighted by atomic mass is 32.1. The first kappa shape index (κ1) is 12.9. The molecule has 0 N–H and O–H groups in total. The monoisotopic (exact) mass is 297 g/mol. The molecule has 0 saturated carbocycles. The van der Waals surface area contributed by atoms with Gasteiger partial charge >= 0.3 is 0 Å². The molecule has 1 aliphatic rings. The quantitative estimate of drug-likeness (QED) is 0.724. The van der Waals surface area contributed by atoms with E-state index in [1.165, 1.54) is 49.0 Å². The number of pyridine rings is 1. The molecular weight excluding hydrogens is 278 g/mol. The van der Waals surface area contributed by atoms with Crippen molar-refractivity contribution < 1.29 is 0 Å². The molecule has 0 spiro atoms. The summed E-state index contributed by atoms with van der Waals surface area (Å²) in [7, 11) is 0. The van der Waals surface area contributed by atoms with Crippen molar-refractivity contribution in [2.45, 2.75) is 25.8 Å². The molecule has 0 amide bonds. The maximum absolute atomic E-state index is 4.62. The zero-order valence-corrected chi connectivity index (χ0v) is 12.9. The fraction of sp³-hybridized carbons (Fsp3) is 0.353. The van der Waals surface area contributed by atoms with Crippen molar-refractivity contribution in [2.24, 2.45) is 0 Å². The van der Waals surface area contributed by atoms with Crippen LogP contribution in [0.15, 0.2) is 41.4 Å². The minimum atomic E-state index is 0.908. The number of aromatic nitrogens is 2. The Labute approximate surface area is 128 Å². The van der Waals surface area contributed by atoms with E-state index in [2.05, 4.69) is 43.5 Å². The van der Waals surface area contributed by atoms with E-state index in [1.54, 1.807) is 11.3 Å². The summed E-state index contributed by atoms with van der Waals surface area (Å²) in [6.07, 6.45) is 8.16. The minimum absolute atomic E-state index is 0.908.